The van der Waals surface area contributed by atoms with E-state index in [2.05, 4.69) is 5.32 Å². The van der Waals surface area contributed by atoms with E-state index in [4.69, 9.17) is 10.8 Å². The average molecular weight is 216 g/mol. The largest absolute Gasteiger partial charge is 0.396 e. The monoisotopic (exact) mass is 216 g/mol. The standard InChI is InChI=1S/C11H24N2O2/c1-9(8-14)4-3-7-13-11(15)10(2)5-6-12/h9-10,14H,3-8,12H2,1-2H3,(H,13,15). The van der Waals surface area contributed by atoms with Crippen molar-refractivity contribution in [1.29, 1.82) is 0 Å². The van der Waals surface area contributed by atoms with Crippen LogP contribution in [-0.4, -0.2) is 30.7 Å². The highest BCUT2D eigenvalue weighted by molar-refractivity contribution is 5.78. The van der Waals surface area contributed by atoms with Crippen molar-refractivity contribution in [2.45, 2.75) is 33.1 Å². The van der Waals surface area contributed by atoms with Crippen molar-refractivity contribution in [3.8, 4) is 0 Å². The van der Waals surface area contributed by atoms with Crippen molar-refractivity contribution in [1.82, 2.24) is 5.32 Å². The van der Waals surface area contributed by atoms with Gasteiger partial charge in [-0.2, -0.15) is 0 Å². The molecule has 4 N–H and O–H groups in total. The highest BCUT2D eigenvalue weighted by Crippen LogP contribution is 2.03. The Morgan fingerprint density at radius 2 is 2.07 bits per heavy atom. The molecule has 0 spiro atoms. The van der Waals surface area contributed by atoms with Gasteiger partial charge in [-0.15, -0.1) is 0 Å². The zero-order valence-electron chi connectivity index (χ0n) is 9.83. The molecule has 2 atom stereocenters. The van der Waals surface area contributed by atoms with Crippen LogP contribution in [0.15, 0.2) is 0 Å². The number of aliphatic hydroxyl groups is 1. The Morgan fingerprint density at radius 3 is 2.60 bits per heavy atom. The zero-order chi connectivity index (χ0) is 11.7. The van der Waals surface area contributed by atoms with Crippen LogP contribution in [0.4, 0.5) is 0 Å². The van der Waals surface area contributed by atoms with Gasteiger partial charge in [0.1, 0.15) is 0 Å². The quantitative estimate of drug-likeness (QED) is 0.517. The maximum atomic E-state index is 11.4. The highest BCUT2D eigenvalue weighted by Gasteiger charge is 2.10. The minimum Gasteiger partial charge on any atom is -0.396 e. The van der Waals surface area contributed by atoms with E-state index < -0.39 is 0 Å². The molecule has 0 aromatic rings. The summed E-state index contributed by atoms with van der Waals surface area (Å²) in [6, 6.07) is 0. The normalized spacial score (nSPS) is 14.7. The number of aliphatic hydroxyl groups excluding tert-OH is 1. The highest BCUT2D eigenvalue weighted by atomic mass is 16.3. The molecule has 0 aliphatic rings. The summed E-state index contributed by atoms with van der Waals surface area (Å²) in [5.74, 6) is 0.408. The van der Waals surface area contributed by atoms with Crippen LogP contribution in [0.1, 0.15) is 33.1 Å². The fourth-order valence-electron chi connectivity index (χ4n) is 1.31. The van der Waals surface area contributed by atoms with E-state index in [1.54, 1.807) is 0 Å². The molecule has 0 aliphatic heterocycles. The number of hydrogen-bond acceptors (Lipinski definition) is 3. The Labute approximate surface area is 92.2 Å². The summed E-state index contributed by atoms with van der Waals surface area (Å²) in [5, 5.41) is 11.7. The van der Waals surface area contributed by atoms with Gasteiger partial charge in [0.15, 0.2) is 0 Å². The van der Waals surface area contributed by atoms with Crippen LogP contribution in [0.2, 0.25) is 0 Å². The van der Waals surface area contributed by atoms with Crippen molar-refractivity contribution in [2.24, 2.45) is 17.6 Å². The third-order valence-electron chi connectivity index (χ3n) is 2.53. The van der Waals surface area contributed by atoms with Gasteiger partial charge >= 0.3 is 0 Å². The summed E-state index contributed by atoms with van der Waals surface area (Å²) in [6.45, 7) is 5.35. The molecule has 0 aromatic carbocycles. The van der Waals surface area contributed by atoms with Gasteiger partial charge in [0.2, 0.25) is 5.91 Å². The molecular formula is C11H24N2O2. The summed E-state index contributed by atoms with van der Waals surface area (Å²) in [4.78, 5) is 11.4. The zero-order valence-corrected chi connectivity index (χ0v) is 9.83. The summed E-state index contributed by atoms with van der Waals surface area (Å²) in [6.07, 6.45) is 2.60. The predicted molar refractivity (Wildman–Crippen MR) is 61.3 cm³/mol. The second-order valence-electron chi connectivity index (χ2n) is 4.20. The lowest BCUT2D eigenvalue weighted by molar-refractivity contribution is -0.124. The van der Waals surface area contributed by atoms with Crippen LogP contribution in [0.5, 0.6) is 0 Å². The smallest absolute Gasteiger partial charge is 0.222 e. The Kier molecular flexibility index (Phi) is 8.33. The van der Waals surface area contributed by atoms with E-state index in [-0.39, 0.29) is 18.4 Å². The maximum absolute atomic E-state index is 11.4. The van der Waals surface area contributed by atoms with Crippen molar-refractivity contribution >= 4 is 5.91 Å². The van der Waals surface area contributed by atoms with Gasteiger partial charge in [-0.05, 0) is 31.7 Å². The summed E-state index contributed by atoms with van der Waals surface area (Å²) in [5.41, 5.74) is 5.37. The molecule has 15 heavy (non-hydrogen) atoms. The van der Waals surface area contributed by atoms with Gasteiger partial charge in [0.05, 0.1) is 0 Å². The van der Waals surface area contributed by atoms with E-state index in [0.29, 0.717) is 19.0 Å². The molecule has 0 radical (unpaired) electrons. The number of carbonyl (C=O) groups is 1. The Balaban J connectivity index is 3.46. The number of hydrogen-bond donors (Lipinski definition) is 3. The first-order valence-corrected chi connectivity index (χ1v) is 5.70. The molecule has 0 aliphatic carbocycles. The molecule has 2 unspecified atom stereocenters. The first kappa shape index (κ1) is 14.4. The first-order valence-electron chi connectivity index (χ1n) is 5.70. The van der Waals surface area contributed by atoms with Gasteiger partial charge in [-0.25, -0.2) is 0 Å². The molecule has 0 heterocycles. The number of amides is 1. The molecule has 0 saturated carbocycles. The third-order valence-corrected chi connectivity index (χ3v) is 2.53. The maximum Gasteiger partial charge on any atom is 0.222 e. The molecule has 4 nitrogen and oxygen atoms in total. The lowest BCUT2D eigenvalue weighted by atomic mass is 10.1. The van der Waals surface area contributed by atoms with E-state index in [1.807, 2.05) is 13.8 Å². The van der Waals surface area contributed by atoms with Crippen molar-refractivity contribution in [2.75, 3.05) is 19.7 Å². The van der Waals surface area contributed by atoms with Crippen LogP contribution in [-0.2, 0) is 4.79 Å². The van der Waals surface area contributed by atoms with Crippen LogP contribution in [0, 0.1) is 11.8 Å². The molecule has 0 fully saturated rings. The second-order valence-corrected chi connectivity index (χ2v) is 4.20. The van der Waals surface area contributed by atoms with Crippen molar-refractivity contribution in [3.63, 3.8) is 0 Å². The molecule has 90 valence electrons. The van der Waals surface area contributed by atoms with Gasteiger partial charge < -0.3 is 16.2 Å². The molecular weight excluding hydrogens is 192 g/mol. The van der Waals surface area contributed by atoms with E-state index in [0.717, 1.165) is 19.3 Å². The van der Waals surface area contributed by atoms with E-state index >= 15 is 0 Å². The van der Waals surface area contributed by atoms with Crippen molar-refractivity contribution < 1.29 is 9.90 Å². The second kappa shape index (κ2) is 8.68. The number of nitrogens with two attached hydrogens (primary N) is 1. The van der Waals surface area contributed by atoms with E-state index in [1.165, 1.54) is 0 Å². The lowest BCUT2D eigenvalue weighted by Gasteiger charge is -2.12. The summed E-state index contributed by atoms with van der Waals surface area (Å²) >= 11 is 0. The minimum absolute atomic E-state index is 0.00488. The fraction of sp³-hybridized carbons (Fsp3) is 0.909. The minimum atomic E-state index is 0.00488. The third kappa shape index (κ3) is 7.33. The first-order chi connectivity index (χ1) is 7.11. The summed E-state index contributed by atoms with van der Waals surface area (Å²) in [7, 11) is 0. The van der Waals surface area contributed by atoms with Gasteiger partial charge in [-0.1, -0.05) is 13.8 Å². The number of rotatable bonds is 8. The van der Waals surface area contributed by atoms with Crippen LogP contribution in [0.3, 0.4) is 0 Å². The van der Waals surface area contributed by atoms with E-state index in [9.17, 15) is 4.79 Å². The topological polar surface area (TPSA) is 75.3 Å². The predicted octanol–water partition coefficient (Wildman–Crippen LogP) is 0.496. The summed E-state index contributed by atoms with van der Waals surface area (Å²) < 4.78 is 0. The Morgan fingerprint density at radius 1 is 1.40 bits per heavy atom. The lowest BCUT2D eigenvalue weighted by Crippen LogP contribution is -2.31. The number of carbonyl (C=O) groups excluding carboxylic acids is 1. The SMILES string of the molecule is CC(CO)CCCNC(=O)C(C)CCN. The molecule has 0 bridgehead atoms. The molecule has 0 saturated heterocycles. The van der Waals surface area contributed by atoms with Crippen LogP contribution >= 0.6 is 0 Å². The molecule has 0 rings (SSSR count). The Bertz CT molecular complexity index is 174. The van der Waals surface area contributed by atoms with Gasteiger partial charge in [-0.3, -0.25) is 4.79 Å². The van der Waals surface area contributed by atoms with Crippen molar-refractivity contribution in [3.05, 3.63) is 0 Å². The fourth-order valence-corrected chi connectivity index (χ4v) is 1.31. The van der Waals surface area contributed by atoms with Gasteiger partial charge in [0.25, 0.3) is 0 Å². The van der Waals surface area contributed by atoms with Crippen LogP contribution < -0.4 is 11.1 Å². The number of nitrogens with one attached hydrogen (secondary N) is 1. The molecule has 4 heteroatoms. The van der Waals surface area contributed by atoms with Gasteiger partial charge in [0, 0.05) is 19.1 Å². The average Bonchev–Trinajstić information content (AvgIpc) is 2.23. The molecule has 0 aromatic heterocycles. The van der Waals surface area contributed by atoms with Crippen LogP contribution in [0.25, 0.3) is 0 Å². The Hall–Kier alpha value is -0.610. The molecule has 1 amide bonds.